The van der Waals surface area contributed by atoms with Gasteiger partial charge in [0.1, 0.15) is 0 Å². The van der Waals surface area contributed by atoms with E-state index in [2.05, 4.69) is 15.2 Å². The number of rotatable bonds is 4. The van der Waals surface area contributed by atoms with Crippen molar-refractivity contribution < 1.29 is 5.11 Å². The Hall–Kier alpha value is -1.63. The summed E-state index contributed by atoms with van der Waals surface area (Å²) in [6.45, 7) is 2.58. The summed E-state index contributed by atoms with van der Waals surface area (Å²) in [6, 6.07) is 0. The Balaban J connectivity index is 3.04. The molecule has 7 heteroatoms. The molecule has 0 aliphatic carbocycles. The topological polar surface area (TPSA) is 102 Å². The molecule has 0 saturated carbocycles. The summed E-state index contributed by atoms with van der Waals surface area (Å²) < 4.78 is 0. The van der Waals surface area contributed by atoms with E-state index in [1.807, 2.05) is 6.92 Å². The third-order valence-electron chi connectivity index (χ3n) is 1.74. The monoisotopic (exact) mass is 200 g/mol. The summed E-state index contributed by atoms with van der Waals surface area (Å²) in [7, 11) is 0. The van der Waals surface area contributed by atoms with Crippen molar-refractivity contribution in [3.05, 3.63) is 20.8 Å². The van der Waals surface area contributed by atoms with Gasteiger partial charge in [0, 0.05) is 13.1 Å². The minimum absolute atomic E-state index is 0.0753. The van der Waals surface area contributed by atoms with Crippen LogP contribution >= 0.6 is 0 Å². The average molecular weight is 200 g/mol. The number of hydrogen-bond donors (Lipinski definition) is 3. The quantitative estimate of drug-likeness (QED) is 0.536. The minimum atomic E-state index is -0.640. The molecule has 78 valence electrons. The fraction of sp³-hybridized carbons (Fsp3) is 0.571. The summed E-state index contributed by atoms with van der Waals surface area (Å²) in [5.74, 6) is 0.112. The Labute approximate surface area is 79.4 Å². The molecule has 0 amide bonds. The lowest BCUT2D eigenvalue weighted by molar-refractivity contribution is 0.302. The highest BCUT2D eigenvalue weighted by molar-refractivity contribution is 5.33. The lowest BCUT2D eigenvalue weighted by Gasteiger charge is -2.18. The Bertz CT molecular complexity index is 396. The lowest BCUT2D eigenvalue weighted by atomic mass is 10.5. The van der Waals surface area contributed by atoms with Gasteiger partial charge in [-0.1, -0.05) is 0 Å². The smallest absolute Gasteiger partial charge is 0.342 e. The van der Waals surface area contributed by atoms with E-state index in [1.165, 1.54) is 0 Å². The third kappa shape index (κ3) is 2.19. The van der Waals surface area contributed by atoms with E-state index in [1.54, 1.807) is 4.90 Å². The minimum Gasteiger partial charge on any atom is -0.395 e. The molecular weight excluding hydrogens is 188 g/mol. The van der Waals surface area contributed by atoms with E-state index < -0.39 is 11.2 Å². The highest BCUT2D eigenvalue weighted by Crippen LogP contribution is 1.98. The molecule has 0 aliphatic heterocycles. The Morgan fingerprint density at radius 3 is 2.71 bits per heavy atom. The molecule has 7 nitrogen and oxygen atoms in total. The van der Waals surface area contributed by atoms with E-state index in [0.29, 0.717) is 13.1 Å². The highest BCUT2D eigenvalue weighted by Gasteiger charge is 2.09. The molecule has 0 saturated heterocycles. The second-order valence-electron chi connectivity index (χ2n) is 2.63. The normalized spacial score (nSPS) is 10.1. The first-order valence-corrected chi connectivity index (χ1v) is 4.23. The zero-order valence-corrected chi connectivity index (χ0v) is 7.78. The zero-order chi connectivity index (χ0) is 10.6. The molecule has 0 fully saturated rings. The number of likely N-dealkylation sites (N-methyl/N-ethyl adjacent to an activating group) is 1. The van der Waals surface area contributed by atoms with Gasteiger partial charge in [0.25, 0.3) is 5.56 Å². The van der Waals surface area contributed by atoms with Gasteiger partial charge in [0.15, 0.2) is 0 Å². The van der Waals surface area contributed by atoms with Gasteiger partial charge in [-0.05, 0) is 6.92 Å². The lowest BCUT2D eigenvalue weighted by Crippen LogP contribution is -2.36. The summed E-state index contributed by atoms with van der Waals surface area (Å²) in [5.41, 5.74) is -1.19. The molecule has 0 aromatic carbocycles. The van der Waals surface area contributed by atoms with Gasteiger partial charge in [-0.2, -0.15) is 0 Å². The summed E-state index contributed by atoms with van der Waals surface area (Å²) >= 11 is 0. The first-order chi connectivity index (χ1) is 6.69. The van der Waals surface area contributed by atoms with Crippen molar-refractivity contribution >= 4 is 5.82 Å². The number of nitrogens with zero attached hydrogens (tertiary/aromatic N) is 2. The van der Waals surface area contributed by atoms with Gasteiger partial charge in [-0.25, -0.2) is 9.89 Å². The number of aromatic nitrogens is 3. The van der Waals surface area contributed by atoms with Crippen molar-refractivity contribution in [2.75, 3.05) is 24.6 Å². The van der Waals surface area contributed by atoms with Crippen LogP contribution in [-0.2, 0) is 0 Å². The molecule has 0 aliphatic rings. The molecule has 0 unspecified atom stereocenters. The van der Waals surface area contributed by atoms with E-state index in [-0.39, 0.29) is 12.4 Å². The number of anilines is 1. The molecule has 0 bridgehead atoms. The molecule has 1 aromatic heterocycles. The number of aliphatic hydroxyl groups is 1. The van der Waals surface area contributed by atoms with Gasteiger partial charge < -0.3 is 10.0 Å². The summed E-state index contributed by atoms with van der Waals surface area (Å²) in [5, 5.41) is 14.5. The number of aliphatic hydroxyl groups excluding tert-OH is 1. The van der Waals surface area contributed by atoms with Crippen molar-refractivity contribution in [1.82, 2.24) is 15.2 Å². The van der Waals surface area contributed by atoms with E-state index in [9.17, 15) is 9.59 Å². The SMILES string of the molecule is CCN(CCO)c1n[nH]c(=O)[nH]c1=O. The van der Waals surface area contributed by atoms with Crippen LogP contribution in [0.15, 0.2) is 9.59 Å². The second-order valence-corrected chi connectivity index (χ2v) is 2.63. The van der Waals surface area contributed by atoms with Crippen molar-refractivity contribution in [3.63, 3.8) is 0 Å². The summed E-state index contributed by atoms with van der Waals surface area (Å²) in [4.78, 5) is 25.5. The maximum absolute atomic E-state index is 11.3. The van der Waals surface area contributed by atoms with Crippen molar-refractivity contribution in [1.29, 1.82) is 0 Å². The highest BCUT2D eigenvalue weighted by atomic mass is 16.3. The second kappa shape index (κ2) is 4.56. The van der Waals surface area contributed by atoms with Crippen LogP contribution in [0.25, 0.3) is 0 Å². The predicted octanol–water partition coefficient (Wildman–Crippen LogP) is -1.72. The van der Waals surface area contributed by atoms with Crippen LogP contribution in [0.4, 0.5) is 5.82 Å². The van der Waals surface area contributed by atoms with Gasteiger partial charge >= 0.3 is 5.69 Å². The van der Waals surface area contributed by atoms with Crippen LogP contribution in [0.2, 0.25) is 0 Å². The van der Waals surface area contributed by atoms with Crippen LogP contribution in [-0.4, -0.2) is 40.0 Å². The molecule has 1 aromatic rings. The zero-order valence-electron chi connectivity index (χ0n) is 7.78. The number of nitrogens with one attached hydrogen (secondary N) is 2. The van der Waals surface area contributed by atoms with Crippen LogP contribution in [0.5, 0.6) is 0 Å². The van der Waals surface area contributed by atoms with E-state index in [0.717, 1.165) is 0 Å². The van der Waals surface area contributed by atoms with Gasteiger partial charge in [-0.3, -0.25) is 9.78 Å². The average Bonchev–Trinajstić information content (AvgIpc) is 2.15. The number of H-pyrrole nitrogens is 2. The molecule has 0 radical (unpaired) electrons. The molecule has 14 heavy (non-hydrogen) atoms. The van der Waals surface area contributed by atoms with Gasteiger partial charge in [0.2, 0.25) is 5.82 Å². The van der Waals surface area contributed by atoms with E-state index >= 15 is 0 Å². The molecule has 1 rings (SSSR count). The maximum Gasteiger partial charge on any atom is 0.342 e. The summed E-state index contributed by atoms with van der Waals surface area (Å²) in [6.07, 6.45) is 0. The van der Waals surface area contributed by atoms with Crippen LogP contribution in [0, 0.1) is 0 Å². The largest absolute Gasteiger partial charge is 0.395 e. The van der Waals surface area contributed by atoms with Crippen molar-refractivity contribution in [3.8, 4) is 0 Å². The standard InChI is InChI=1S/C7H12N4O3/c1-2-11(3-4-12)5-6(13)8-7(14)10-9-5/h12H,2-4H2,1H3,(H2,8,10,13,14). The molecule has 1 heterocycles. The number of hydrogen-bond acceptors (Lipinski definition) is 5. The van der Waals surface area contributed by atoms with Gasteiger partial charge in [-0.15, -0.1) is 5.10 Å². The van der Waals surface area contributed by atoms with E-state index in [4.69, 9.17) is 5.11 Å². The third-order valence-corrected chi connectivity index (χ3v) is 1.74. The fourth-order valence-corrected chi connectivity index (χ4v) is 1.09. The van der Waals surface area contributed by atoms with Crippen LogP contribution < -0.4 is 16.1 Å². The molecule has 3 N–H and O–H groups in total. The van der Waals surface area contributed by atoms with Crippen molar-refractivity contribution in [2.24, 2.45) is 0 Å². The fourth-order valence-electron chi connectivity index (χ4n) is 1.09. The molecular formula is C7H12N4O3. The van der Waals surface area contributed by atoms with Crippen molar-refractivity contribution in [2.45, 2.75) is 6.92 Å². The Kier molecular flexibility index (Phi) is 3.41. The van der Waals surface area contributed by atoms with Gasteiger partial charge in [0.05, 0.1) is 6.61 Å². The maximum atomic E-state index is 11.3. The Morgan fingerprint density at radius 2 is 2.21 bits per heavy atom. The molecule has 0 atom stereocenters. The number of aromatic amines is 2. The first-order valence-electron chi connectivity index (χ1n) is 4.23. The first kappa shape index (κ1) is 10.5. The van der Waals surface area contributed by atoms with Crippen LogP contribution in [0.3, 0.4) is 0 Å². The Morgan fingerprint density at radius 1 is 1.50 bits per heavy atom. The molecule has 0 spiro atoms. The van der Waals surface area contributed by atoms with Crippen LogP contribution in [0.1, 0.15) is 6.92 Å². The predicted molar refractivity (Wildman–Crippen MR) is 50.5 cm³/mol.